The average Bonchev–Trinajstić information content (AvgIpc) is 2.67. The third-order valence-corrected chi connectivity index (χ3v) is 4.36. The number of aliphatic hydroxyl groups excluding tert-OH is 1. The number of rotatable bonds is 6. The van der Waals surface area contributed by atoms with Gasteiger partial charge in [-0.05, 0) is 12.8 Å². The maximum atomic E-state index is 11.9. The van der Waals surface area contributed by atoms with E-state index in [4.69, 9.17) is 5.11 Å². The van der Waals surface area contributed by atoms with Crippen LogP contribution < -0.4 is 5.32 Å². The summed E-state index contributed by atoms with van der Waals surface area (Å²) in [5.41, 5.74) is 0.352. The van der Waals surface area contributed by atoms with Crippen LogP contribution in [0.15, 0.2) is 11.8 Å². The first-order valence-corrected chi connectivity index (χ1v) is 8.26. The van der Waals surface area contributed by atoms with E-state index in [-0.39, 0.29) is 18.2 Å². The van der Waals surface area contributed by atoms with E-state index < -0.39 is 0 Å². The fourth-order valence-electron chi connectivity index (χ4n) is 2.93. The molecule has 22 heavy (non-hydrogen) atoms. The van der Waals surface area contributed by atoms with Crippen molar-refractivity contribution in [1.29, 1.82) is 0 Å². The van der Waals surface area contributed by atoms with Crippen LogP contribution in [0.5, 0.6) is 0 Å². The fraction of sp³-hybridized carbons (Fsp3) is 0.750. The molecular weight excluding hydrogens is 282 g/mol. The highest BCUT2D eigenvalue weighted by atomic mass is 16.3. The van der Waals surface area contributed by atoms with E-state index in [1.807, 2.05) is 0 Å². The molecule has 124 valence electrons. The number of nitrogens with one attached hydrogen (secondary N) is 1. The highest BCUT2D eigenvalue weighted by molar-refractivity contribution is 6.20. The van der Waals surface area contributed by atoms with Crippen molar-refractivity contribution < 1.29 is 14.7 Å². The van der Waals surface area contributed by atoms with Crippen LogP contribution in [0.3, 0.4) is 0 Å². The largest absolute Gasteiger partial charge is 0.395 e. The Hall–Kier alpha value is -1.24. The lowest BCUT2D eigenvalue weighted by Gasteiger charge is -2.34. The maximum Gasteiger partial charge on any atom is 0.167 e. The number of ketones is 2. The van der Waals surface area contributed by atoms with E-state index in [0.29, 0.717) is 18.4 Å². The topological polar surface area (TPSA) is 72.9 Å². The third kappa shape index (κ3) is 5.19. The molecule has 0 radical (unpaired) electrons. The van der Waals surface area contributed by atoms with Crippen molar-refractivity contribution in [3.63, 3.8) is 0 Å². The van der Waals surface area contributed by atoms with Crippen LogP contribution in [0.25, 0.3) is 0 Å². The summed E-state index contributed by atoms with van der Waals surface area (Å²) in [5, 5.41) is 12.0. The lowest BCUT2D eigenvalue weighted by Crippen LogP contribution is -2.48. The van der Waals surface area contributed by atoms with Gasteiger partial charge in [0.25, 0.3) is 0 Å². The van der Waals surface area contributed by atoms with Crippen LogP contribution in [0.4, 0.5) is 0 Å². The molecule has 1 aliphatic heterocycles. The minimum absolute atomic E-state index is 0.0207. The Kier molecular flexibility index (Phi) is 7.02. The van der Waals surface area contributed by atoms with Gasteiger partial charge in [-0.1, -0.05) is 0 Å². The number of β-amino-alcohol motifs (C(OH)–C–C–N with tert-alkyl or cyclic N) is 1. The number of carbonyl (C=O) groups excluding carboxylic acids is 2. The van der Waals surface area contributed by atoms with Gasteiger partial charge >= 0.3 is 0 Å². The van der Waals surface area contributed by atoms with E-state index in [1.165, 1.54) is 0 Å². The number of aliphatic hydroxyl groups is 1. The SMILES string of the molecule is O=C1CCCCC(=O)C1=CNCCN1CCN(CCO)CC1. The molecule has 1 saturated carbocycles. The molecule has 1 saturated heterocycles. The summed E-state index contributed by atoms with van der Waals surface area (Å²) in [6, 6.07) is 0. The van der Waals surface area contributed by atoms with Gasteiger partial charge in [0.05, 0.1) is 12.2 Å². The number of hydrogen-bond acceptors (Lipinski definition) is 6. The molecular formula is C16H27N3O3. The Morgan fingerprint density at radius 2 is 1.50 bits per heavy atom. The predicted molar refractivity (Wildman–Crippen MR) is 84.5 cm³/mol. The lowest BCUT2D eigenvalue weighted by atomic mass is 10.1. The van der Waals surface area contributed by atoms with Crippen LogP contribution in [-0.4, -0.2) is 78.9 Å². The summed E-state index contributed by atoms with van der Waals surface area (Å²) >= 11 is 0. The second kappa shape index (κ2) is 9.02. The number of piperazine rings is 1. The standard InChI is InChI=1S/C16H27N3O3/c20-12-11-19-9-7-18(8-10-19)6-5-17-13-14-15(21)3-1-2-4-16(14)22/h13,17,20H,1-12H2. The predicted octanol–water partition coefficient (Wildman–Crippen LogP) is -0.218. The molecule has 0 unspecified atom stereocenters. The highest BCUT2D eigenvalue weighted by Crippen LogP contribution is 2.15. The molecule has 6 heteroatoms. The van der Waals surface area contributed by atoms with Gasteiger partial charge in [-0.25, -0.2) is 0 Å². The number of nitrogens with zero attached hydrogens (tertiary/aromatic N) is 2. The van der Waals surface area contributed by atoms with Crippen LogP contribution in [0.2, 0.25) is 0 Å². The van der Waals surface area contributed by atoms with Gasteiger partial charge < -0.3 is 10.4 Å². The minimum Gasteiger partial charge on any atom is -0.395 e. The molecule has 0 atom stereocenters. The second-order valence-electron chi connectivity index (χ2n) is 5.97. The molecule has 2 N–H and O–H groups in total. The summed E-state index contributed by atoms with van der Waals surface area (Å²) in [7, 11) is 0. The van der Waals surface area contributed by atoms with Crippen LogP contribution >= 0.6 is 0 Å². The summed E-state index contributed by atoms with van der Waals surface area (Å²) in [6.45, 7) is 6.58. The molecule has 1 aliphatic carbocycles. The van der Waals surface area contributed by atoms with E-state index in [0.717, 1.165) is 58.7 Å². The molecule has 0 aromatic heterocycles. The molecule has 0 spiro atoms. The Labute approximate surface area is 132 Å². The van der Waals surface area contributed by atoms with E-state index in [9.17, 15) is 9.59 Å². The number of Topliss-reactive ketones (excluding diaryl/α,β-unsaturated/α-hetero) is 2. The Bertz CT molecular complexity index is 395. The normalized spacial score (nSPS) is 21.8. The third-order valence-electron chi connectivity index (χ3n) is 4.36. The highest BCUT2D eigenvalue weighted by Gasteiger charge is 2.21. The van der Waals surface area contributed by atoms with Gasteiger partial charge in [-0.2, -0.15) is 0 Å². The zero-order valence-corrected chi connectivity index (χ0v) is 13.2. The Morgan fingerprint density at radius 3 is 2.05 bits per heavy atom. The first-order valence-electron chi connectivity index (χ1n) is 8.26. The molecule has 0 aromatic carbocycles. The van der Waals surface area contributed by atoms with E-state index in [1.54, 1.807) is 6.20 Å². The summed E-state index contributed by atoms with van der Waals surface area (Å²) in [6.07, 6.45) is 4.25. The van der Waals surface area contributed by atoms with Crippen molar-refractivity contribution in [2.24, 2.45) is 0 Å². The van der Waals surface area contributed by atoms with Gasteiger partial charge in [0.15, 0.2) is 11.6 Å². The molecule has 2 aliphatic rings. The van der Waals surface area contributed by atoms with E-state index in [2.05, 4.69) is 15.1 Å². The summed E-state index contributed by atoms with van der Waals surface area (Å²) in [5.74, 6) is -0.0414. The van der Waals surface area contributed by atoms with Gasteiger partial charge in [-0.15, -0.1) is 0 Å². The van der Waals surface area contributed by atoms with Crippen molar-refractivity contribution in [3.8, 4) is 0 Å². The molecule has 0 aromatic rings. The van der Waals surface area contributed by atoms with Crippen molar-refractivity contribution in [2.75, 3.05) is 52.4 Å². The van der Waals surface area contributed by atoms with Crippen molar-refractivity contribution >= 4 is 11.6 Å². The smallest absolute Gasteiger partial charge is 0.167 e. The summed E-state index contributed by atoms with van der Waals surface area (Å²) < 4.78 is 0. The van der Waals surface area contributed by atoms with Crippen LogP contribution in [-0.2, 0) is 9.59 Å². The Morgan fingerprint density at radius 1 is 0.955 bits per heavy atom. The molecule has 0 amide bonds. The van der Waals surface area contributed by atoms with Gasteiger partial charge in [0, 0.05) is 64.9 Å². The van der Waals surface area contributed by atoms with Crippen molar-refractivity contribution in [2.45, 2.75) is 25.7 Å². The van der Waals surface area contributed by atoms with Crippen LogP contribution in [0, 0.1) is 0 Å². The van der Waals surface area contributed by atoms with Crippen molar-refractivity contribution in [3.05, 3.63) is 11.8 Å². The van der Waals surface area contributed by atoms with E-state index >= 15 is 0 Å². The monoisotopic (exact) mass is 309 g/mol. The van der Waals surface area contributed by atoms with Crippen LogP contribution in [0.1, 0.15) is 25.7 Å². The minimum atomic E-state index is -0.0207. The molecule has 2 fully saturated rings. The zero-order valence-electron chi connectivity index (χ0n) is 13.2. The van der Waals surface area contributed by atoms with Crippen molar-refractivity contribution in [1.82, 2.24) is 15.1 Å². The number of allylic oxidation sites excluding steroid dienone is 1. The lowest BCUT2D eigenvalue weighted by molar-refractivity contribution is -0.120. The molecule has 2 rings (SSSR count). The van der Waals surface area contributed by atoms with Gasteiger partial charge in [0.2, 0.25) is 0 Å². The Balaban J connectivity index is 1.69. The molecule has 6 nitrogen and oxygen atoms in total. The maximum absolute atomic E-state index is 11.9. The first kappa shape index (κ1) is 17.1. The number of hydrogen-bond donors (Lipinski definition) is 2. The van der Waals surface area contributed by atoms with Gasteiger partial charge in [-0.3, -0.25) is 19.4 Å². The number of carbonyl (C=O) groups is 2. The fourth-order valence-corrected chi connectivity index (χ4v) is 2.93. The van der Waals surface area contributed by atoms with Gasteiger partial charge in [0.1, 0.15) is 0 Å². The zero-order chi connectivity index (χ0) is 15.8. The quantitative estimate of drug-likeness (QED) is 0.306. The first-order chi connectivity index (χ1) is 10.7. The average molecular weight is 309 g/mol. The molecule has 1 heterocycles. The summed E-state index contributed by atoms with van der Waals surface area (Å²) in [4.78, 5) is 28.3. The second-order valence-corrected chi connectivity index (χ2v) is 5.97. The molecule has 0 bridgehead atoms.